The summed E-state index contributed by atoms with van der Waals surface area (Å²) >= 11 is 0. The van der Waals surface area contributed by atoms with Crippen LogP contribution in [0, 0.1) is 5.82 Å². The molecule has 0 atom stereocenters. The maximum atomic E-state index is 13.2. The minimum Gasteiger partial charge on any atom is -0.497 e. The summed E-state index contributed by atoms with van der Waals surface area (Å²) in [5, 5.41) is 6.10. The fourth-order valence-electron chi connectivity index (χ4n) is 3.35. The third-order valence-corrected chi connectivity index (χ3v) is 5.08. The third kappa shape index (κ3) is 5.47. The lowest BCUT2D eigenvalue weighted by Gasteiger charge is -2.12. The van der Waals surface area contributed by atoms with Crippen molar-refractivity contribution in [2.45, 2.75) is 6.54 Å². The topological polar surface area (TPSA) is 85.4 Å². The predicted molar refractivity (Wildman–Crippen MR) is 128 cm³/mol. The van der Waals surface area contributed by atoms with Crippen molar-refractivity contribution in [2.75, 3.05) is 19.5 Å². The number of anilines is 2. The normalized spacial score (nSPS) is 10.4. The van der Waals surface area contributed by atoms with E-state index in [1.165, 1.54) is 12.1 Å². The van der Waals surface area contributed by atoms with Crippen molar-refractivity contribution in [3.05, 3.63) is 95.9 Å². The molecule has 172 valence electrons. The van der Waals surface area contributed by atoms with Gasteiger partial charge in [-0.05, 0) is 66.7 Å². The fraction of sp³-hybridized carbons (Fsp3) is 0.115. The molecule has 7 nitrogen and oxygen atoms in total. The average Bonchev–Trinajstić information content (AvgIpc) is 2.87. The van der Waals surface area contributed by atoms with E-state index >= 15 is 0 Å². The lowest BCUT2D eigenvalue weighted by molar-refractivity contribution is 0.0950. The molecule has 2 N–H and O–H groups in total. The number of hydrogen-bond acceptors (Lipinski definition) is 6. The van der Waals surface area contributed by atoms with Gasteiger partial charge in [-0.15, -0.1) is 0 Å². The van der Waals surface area contributed by atoms with Crippen LogP contribution in [0.4, 0.5) is 15.9 Å². The molecular formula is C26H23FN4O3. The van der Waals surface area contributed by atoms with E-state index < -0.39 is 0 Å². The summed E-state index contributed by atoms with van der Waals surface area (Å²) < 4.78 is 23.8. The van der Waals surface area contributed by atoms with Gasteiger partial charge in [-0.1, -0.05) is 6.07 Å². The highest BCUT2D eigenvalue weighted by atomic mass is 19.1. The van der Waals surface area contributed by atoms with E-state index in [2.05, 4.69) is 20.6 Å². The molecule has 34 heavy (non-hydrogen) atoms. The molecule has 4 aromatic rings. The molecule has 0 saturated carbocycles. The lowest BCUT2D eigenvalue weighted by atomic mass is 10.1. The van der Waals surface area contributed by atoms with Crippen molar-refractivity contribution in [3.63, 3.8) is 0 Å². The van der Waals surface area contributed by atoms with Crippen molar-refractivity contribution < 1.29 is 18.7 Å². The smallest absolute Gasteiger partial charge is 0.251 e. The zero-order valence-corrected chi connectivity index (χ0v) is 18.7. The van der Waals surface area contributed by atoms with Crippen LogP contribution in [0.25, 0.3) is 11.4 Å². The Kier molecular flexibility index (Phi) is 6.98. The van der Waals surface area contributed by atoms with Gasteiger partial charge in [0.25, 0.3) is 5.91 Å². The van der Waals surface area contributed by atoms with Gasteiger partial charge < -0.3 is 20.1 Å². The Labute approximate surface area is 196 Å². The second kappa shape index (κ2) is 10.4. The van der Waals surface area contributed by atoms with E-state index in [0.29, 0.717) is 40.0 Å². The lowest BCUT2D eigenvalue weighted by Crippen LogP contribution is -2.23. The number of nitrogens with zero attached hydrogens (tertiary/aromatic N) is 2. The van der Waals surface area contributed by atoms with E-state index in [9.17, 15) is 9.18 Å². The molecule has 0 unspecified atom stereocenters. The van der Waals surface area contributed by atoms with Crippen molar-refractivity contribution >= 4 is 17.4 Å². The van der Waals surface area contributed by atoms with Crippen LogP contribution >= 0.6 is 0 Å². The van der Waals surface area contributed by atoms with Crippen LogP contribution in [0.15, 0.2) is 79.0 Å². The SMILES string of the molecule is COc1ccc(OC)c(CNC(=O)c2cccc(Nc3ccnc(-c4ccc(F)cc4)n3)c2)c1. The highest BCUT2D eigenvalue weighted by Crippen LogP contribution is 2.24. The van der Waals surface area contributed by atoms with E-state index in [0.717, 1.165) is 5.56 Å². The van der Waals surface area contributed by atoms with Gasteiger partial charge in [0.2, 0.25) is 0 Å². The van der Waals surface area contributed by atoms with Gasteiger partial charge in [0.15, 0.2) is 5.82 Å². The van der Waals surface area contributed by atoms with Crippen LogP contribution in [0.3, 0.4) is 0 Å². The molecule has 3 aromatic carbocycles. The summed E-state index contributed by atoms with van der Waals surface area (Å²) in [7, 11) is 3.17. The van der Waals surface area contributed by atoms with Crippen LogP contribution in [0.2, 0.25) is 0 Å². The van der Waals surface area contributed by atoms with E-state index in [1.807, 2.05) is 12.1 Å². The molecule has 0 fully saturated rings. The van der Waals surface area contributed by atoms with Gasteiger partial charge in [0.05, 0.1) is 14.2 Å². The maximum Gasteiger partial charge on any atom is 0.251 e. The van der Waals surface area contributed by atoms with Crippen molar-refractivity contribution in [1.82, 2.24) is 15.3 Å². The summed E-state index contributed by atoms with van der Waals surface area (Å²) in [4.78, 5) is 21.5. The second-order valence-electron chi connectivity index (χ2n) is 7.34. The minimum atomic E-state index is -0.321. The number of nitrogens with one attached hydrogen (secondary N) is 2. The van der Waals surface area contributed by atoms with Gasteiger partial charge in [-0.25, -0.2) is 14.4 Å². The predicted octanol–water partition coefficient (Wildman–Crippen LogP) is 4.97. The first-order valence-corrected chi connectivity index (χ1v) is 10.5. The Bertz CT molecular complexity index is 1300. The zero-order valence-electron chi connectivity index (χ0n) is 18.7. The first-order chi connectivity index (χ1) is 16.6. The Morgan fingerprint density at radius 2 is 1.79 bits per heavy atom. The molecule has 1 amide bonds. The molecule has 0 spiro atoms. The zero-order chi connectivity index (χ0) is 23.9. The summed E-state index contributed by atoms with van der Waals surface area (Å²) in [6, 6.07) is 20.2. The largest absolute Gasteiger partial charge is 0.497 e. The number of methoxy groups -OCH3 is 2. The number of aromatic nitrogens is 2. The van der Waals surface area contributed by atoms with Crippen molar-refractivity contribution in [3.8, 4) is 22.9 Å². The Balaban J connectivity index is 1.46. The van der Waals surface area contributed by atoms with Gasteiger partial charge in [-0.3, -0.25) is 4.79 Å². The van der Waals surface area contributed by atoms with E-state index in [4.69, 9.17) is 9.47 Å². The molecule has 4 rings (SSSR count). The Hall–Kier alpha value is -4.46. The number of carbonyl (C=O) groups is 1. The van der Waals surface area contributed by atoms with Crippen molar-refractivity contribution in [1.29, 1.82) is 0 Å². The first-order valence-electron chi connectivity index (χ1n) is 10.5. The highest BCUT2D eigenvalue weighted by Gasteiger charge is 2.10. The van der Waals surface area contributed by atoms with Crippen molar-refractivity contribution in [2.24, 2.45) is 0 Å². The summed E-state index contributed by atoms with van der Waals surface area (Å²) in [6.07, 6.45) is 1.62. The molecule has 0 aliphatic carbocycles. The summed E-state index contributed by atoms with van der Waals surface area (Å²) in [6.45, 7) is 0.282. The molecular weight excluding hydrogens is 435 g/mol. The van der Waals surface area contributed by atoms with Crippen LogP contribution in [-0.2, 0) is 6.54 Å². The average molecular weight is 458 g/mol. The second-order valence-corrected chi connectivity index (χ2v) is 7.34. The standard InChI is InChI=1S/C26H23FN4O3/c1-33-22-10-11-23(34-2)19(15-22)16-29-26(32)18-4-3-5-21(14-18)30-24-12-13-28-25(31-24)17-6-8-20(27)9-7-17/h3-15H,16H2,1-2H3,(H,29,32)(H,28,30,31). The molecule has 0 aliphatic heterocycles. The van der Waals surface area contributed by atoms with Gasteiger partial charge >= 0.3 is 0 Å². The first kappa shape index (κ1) is 22.7. The number of carbonyl (C=O) groups excluding carboxylic acids is 1. The molecule has 1 aromatic heterocycles. The van der Waals surface area contributed by atoms with Crippen LogP contribution < -0.4 is 20.1 Å². The number of benzene rings is 3. The molecule has 0 aliphatic rings. The number of hydrogen-bond donors (Lipinski definition) is 2. The van der Waals surface area contributed by atoms with E-state index in [-0.39, 0.29) is 18.3 Å². The monoisotopic (exact) mass is 458 g/mol. The Morgan fingerprint density at radius 3 is 2.56 bits per heavy atom. The number of ether oxygens (including phenoxy) is 2. The number of halogens is 1. The molecule has 1 heterocycles. The summed E-state index contributed by atoms with van der Waals surface area (Å²) in [5.41, 5.74) is 2.68. The minimum absolute atomic E-state index is 0.233. The molecule has 0 bridgehead atoms. The number of amides is 1. The van der Waals surface area contributed by atoms with Gasteiger partial charge in [0, 0.05) is 35.1 Å². The highest BCUT2D eigenvalue weighted by molar-refractivity contribution is 5.95. The third-order valence-electron chi connectivity index (χ3n) is 5.08. The molecule has 0 saturated heterocycles. The quantitative estimate of drug-likeness (QED) is 0.388. The molecule has 0 radical (unpaired) electrons. The van der Waals surface area contributed by atoms with Gasteiger partial charge in [-0.2, -0.15) is 0 Å². The fourth-order valence-corrected chi connectivity index (χ4v) is 3.35. The van der Waals surface area contributed by atoms with Gasteiger partial charge in [0.1, 0.15) is 23.1 Å². The number of rotatable bonds is 8. The molecule has 8 heteroatoms. The van der Waals surface area contributed by atoms with Crippen LogP contribution in [0.5, 0.6) is 11.5 Å². The Morgan fingerprint density at radius 1 is 0.971 bits per heavy atom. The van der Waals surface area contributed by atoms with Crippen LogP contribution in [-0.4, -0.2) is 30.1 Å². The summed E-state index contributed by atoms with van der Waals surface area (Å²) in [5.74, 6) is 1.80. The van der Waals surface area contributed by atoms with E-state index in [1.54, 1.807) is 68.9 Å². The maximum absolute atomic E-state index is 13.2. The van der Waals surface area contributed by atoms with Crippen LogP contribution in [0.1, 0.15) is 15.9 Å².